The van der Waals surface area contributed by atoms with E-state index in [2.05, 4.69) is 12.2 Å². The van der Waals surface area contributed by atoms with Crippen molar-refractivity contribution in [2.24, 2.45) is 4.99 Å². The molecule has 0 saturated carbocycles. The molecule has 26 heavy (non-hydrogen) atoms. The molecule has 3 rings (SSSR count). The summed E-state index contributed by atoms with van der Waals surface area (Å²) in [5.41, 5.74) is 5.83. The largest absolute Gasteiger partial charge is 0.497 e. The Labute approximate surface area is 155 Å². The standard InChI is InChI=1S/C22H26N2O2/c1-4-20-21(23-16-8-12-18(25-2)13-9-16)6-5-7-22(20)24-17-10-14-19(26-3)15-11-17/h8-15,23H,4-7H2,1-3H3. The highest BCUT2D eigenvalue weighted by Gasteiger charge is 2.18. The van der Waals surface area contributed by atoms with Crippen molar-refractivity contribution in [2.75, 3.05) is 19.5 Å². The Morgan fingerprint density at radius 3 is 2.08 bits per heavy atom. The van der Waals surface area contributed by atoms with Crippen LogP contribution >= 0.6 is 0 Å². The number of nitrogens with zero attached hydrogens (tertiary/aromatic N) is 1. The first-order valence-electron chi connectivity index (χ1n) is 9.08. The summed E-state index contributed by atoms with van der Waals surface area (Å²) in [6, 6.07) is 16.0. The van der Waals surface area contributed by atoms with Gasteiger partial charge in [-0.2, -0.15) is 0 Å². The van der Waals surface area contributed by atoms with Crippen LogP contribution in [-0.4, -0.2) is 19.9 Å². The summed E-state index contributed by atoms with van der Waals surface area (Å²) in [5.74, 6) is 1.72. The zero-order valence-corrected chi connectivity index (χ0v) is 15.7. The lowest BCUT2D eigenvalue weighted by Crippen LogP contribution is -2.16. The maximum absolute atomic E-state index is 5.23. The molecular weight excluding hydrogens is 324 g/mol. The van der Waals surface area contributed by atoms with Gasteiger partial charge in [0.15, 0.2) is 0 Å². The Balaban J connectivity index is 1.85. The van der Waals surface area contributed by atoms with Gasteiger partial charge in [-0.1, -0.05) is 6.92 Å². The highest BCUT2D eigenvalue weighted by molar-refractivity contribution is 6.03. The molecule has 0 aromatic heterocycles. The third kappa shape index (κ3) is 4.26. The highest BCUT2D eigenvalue weighted by atomic mass is 16.5. The second-order valence-corrected chi connectivity index (χ2v) is 6.27. The van der Waals surface area contributed by atoms with Gasteiger partial charge in [-0.25, -0.2) is 0 Å². The summed E-state index contributed by atoms with van der Waals surface area (Å²) in [4.78, 5) is 4.91. The van der Waals surface area contributed by atoms with Crippen LogP contribution in [0.4, 0.5) is 11.4 Å². The van der Waals surface area contributed by atoms with E-state index in [0.717, 1.165) is 48.6 Å². The molecule has 1 aliphatic rings. The van der Waals surface area contributed by atoms with Crippen molar-refractivity contribution in [2.45, 2.75) is 32.6 Å². The number of aliphatic imine (C=N–C) groups is 1. The molecule has 2 aromatic carbocycles. The summed E-state index contributed by atoms with van der Waals surface area (Å²) in [6.07, 6.45) is 4.14. The van der Waals surface area contributed by atoms with Gasteiger partial charge < -0.3 is 14.8 Å². The van der Waals surface area contributed by atoms with E-state index in [1.807, 2.05) is 48.5 Å². The number of benzene rings is 2. The minimum Gasteiger partial charge on any atom is -0.497 e. The summed E-state index contributed by atoms with van der Waals surface area (Å²) < 4.78 is 10.5. The van der Waals surface area contributed by atoms with Gasteiger partial charge in [0, 0.05) is 17.1 Å². The first-order chi connectivity index (χ1) is 12.7. The number of nitrogens with one attached hydrogen (secondary N) is 1. The minimum atomic E-state index is 0.853. The Morgan fingerprint density at radius 2 is 1.50 bits per heavy atom. The topological polar surface area (TPSA) is 42.8 Å². The molecule has 0 heterocycles. The Hall–Kier alpha value is -2.75. The molecule has 4 heteroatoms. The van der Waals surface area contributed by atoms with Crippen LogP contribution in [0.5, 0.6) is 11.5 Å². The molecule has 0 spiro atoms. The van der Waals surface area contributed by atoms with Crippen LogP contribution in [0.15, 0.2) is 64.8 Å². The van der Waals surface area contributed by atoms with Crippen molar-refractivity contribution in [1.29, 1.82) is 0 Å². The third-order valence-corrected chi connectivity index (χ3v) is 4.63. The fourth-order valence-corrected chi connectivity index (χ4v) is 3.25. The molecule has 0 unspecified atom stereocenters. The summed E-state index contributed by atoms with van der Waals surface area (Å²) in [6.45, 7) is 2.19. The molecule has 2 aromatic rings. The maximum atomic E-state index is 5.23. The van der Waals surface area contributed by atoms with E-state index in [1.54, 1.807) is 14.2 Å². The highest BCUT2D eigenvalue weighted by Crippen LogP contribution is 2.29. The van der Waals surface area contributed by atoms with Crippen molar-refractivity contribution in [3.05, 3.63) is 59.8 Å². The molecule has 4 nitrogen and oxygen atoms in total. The molecule has 0 bridgehead atoms. The number of hydrogen-bond donors (Lipinski definition) is 1. The zero-order valence-electron chi connectivity index (χ0n) is 15.7. The average Bonchev–Trinajstić information content (AvgIpc) is 2.69. The fourth-order valence-electron chi connectivity index (χ4n) is 3.25. The smallest absolute Gasteiger partial charge is 0.119 e. The second kappa shape index (κ2) is 8.56. The average molecular weight is 350 g/mol. The lowest BCUT2D eigenvalue weighted by atomic mass is 9.92. The van der Waals surface area contributed by atoms with Gasteiger partial charge in [0.25, 0.3) is 0 Å². The zero-order chi connectivity index (χ0) is 18.4. The van der Waals surface area contributed by atoms with Crippen LogP contribution in [0.2, 0.25) is 0 Å². The van der Waals surface area contributed by atoms with Crippen molar-refractivity contribution >= 4 is 17.1 Å². The van der Waals surface area contributed by atoms with Gasteiger partial charge in [-0.05, 0) is 79.8 Å². The Bertz CT molecular complexity index is 790. The lowest BCUT2D eigenvalue weighted by Gasteiger charge is -2.23. The van der Waals surface area contributed by atoms with Crippen molar-refractivity contribution in [1.82, 2.24) is 0 Å². The van der Waals surface area contributed by atoms with Crippen molar-refractivity contribution < 1.29 is 9.47 Å². The van der Waals surface area contributed by atoms with Crippen LogP contribution in [-0.2, 0) is 0 Å². The third-order valence-electron chi connectivity index (χ3n) is 4.63. The van der Waals surface area contributed by atoms with E-state index in [4.69, 9.17) is 14.5 Å². The molecule has 1 N–H and O–H groups in total. The van der Waals surface area contributed by atoms with E-state index in [9.17, 15) is 0 Å². The number of methoxy groups -OCH3 is 2. The van der Waals surface area contributed by atoms with E-state index < -0.39 is 0 Å². The van der Waals surface area contributed by atoms with Crippen molar-refractivity contribution in [3.63, 3.8) is 0 Å². The monoisotopic (exact) mass is 350 g/mol. The predicted octanol–water partition coefficient (Wildman–Crippen LogP) is 5.74. The summed E-state index contributed by atoms with van der Waals surface area (Å²) >= 11 is 0. The molecular formula is C22H26N2O2. The minimum absolute atomic E-state index is 0.853. The first-order valence-corrected chi connectivity index (χ1v) is 9.08. The normalized spacial score (nSPS) is 15.9. The SMILES string of the molecule is CCC1=C(Nc2ccc(OC)cc2)CCCC1=Nc1ccc(OC)cc1. The van der Waals surface area contributed by atoms with Gasteiger partial charge in [0.2, 0.25) is 0 Å². The van der Waals surface area contributed by atoms with E-state index in [0.29, 0.717) is 0 Å². The van der Waals surface area contributed by atoms with Gasteiger partial charge >= 0.3 is 0 Å². The molecule has 0 radical (unpaired) electrons. The Morgan fingerprint density at radius 1 is 0.885 bits per heavy atom. The van der Waals surface area contributed by atoms with Crippen molar-refractivity contribution in [3.8, 4) is 11.5 Å². The number of rotatable bonds is 6. The van der Waals surface area contributed by atoms with E-state index in [1.165, 1.54) is 17.0 Å². The van der Waals surface area contributed by atoms with Gasteiger partial charge in [-0.15, -0.1) is 0 Å². The Kier molecular flexibility index (Phi) is 5.95. The number of ether oxygens (including phenoxy) is 2. The number of allylic oxidation sites excluding steroid dienone is 2. The van der Waals surface area contributed by atoms with E-state index in [-0.39, 0.29) is 0 Å². The predicted molar refractivity (Wildman–Crippen MR) is 108 cm³/mol. The van der Waals surface area contributed by atoms with Gasteiger partial charge in [0.05, 0.1) is 19.9 Å². The maximum Gasteiger partial charge on any atom is 0.119 e. The van der Waals surface area contributed by atoms with Crippen LogP contribution in [0.25, 0.3) is 0 Å². The molecule has 1 aliphatic carbocycles. The number of hydrogen-bond acceptors (Lipinski definition) is 4. The van der Waals surface area contributed by atoms with E-state index >= 15 is 0 Å². The molecule has 0 fully saturated rings. The summed E-state index contributed by atoms with van der Waals surface area (Å²) in [7, 11) is 3.36. The van der Waals surface area contributed by atoms with Crippen LogP contribution in [0.3, 0.4) is 0 Å². The molecule has 0 atom stereocenters. The number of anilines is 1. The fraction of sp³-hybridized carbons (Fsp3) is 0.318. The van der Waals surface area contributed by atoms with Gasteiger partial charge in [0.1, 0.15) is 11.5 Å². The summed E-state index contributed by atoms with van der Waals surface area (Å²) in [5, 5.41) is 3.59. The van der Waals surface area contributed by atoms with Crippen LogP contribution in [0, 0.1) is 0 Å². The van der Waals surface area contributed by atoms with Gasteiger partial charge in [-0.3, -0.25) is 4.99 Å². The molecule has 0 aliphatic heterocycles. The van der Waals surface area contributed by atoms with Crippen LogP contribution in [0.1, 0.15) is 32.6 Å². The molecule has 0 saturated heterocycles. The quantitative estimate of drug-likeness (QED) is 0.723. The first kappa shape index (κ1) is 18.1. The molecule has 0 amide bonds. The lowest BCUT2D eigenvalue weighted by molar-refractivity contribution is 0.415. The molecule has 136 valence electrons. The van der Waals surface area contributed by atoms with Crippen LogP contribution < -0.4 is 14.8 Å². The second-order valence-electron chi connectivity index (χ2n) is 6.27.